The first-order valence-corrected chi connectivity index (χ1v) is 9.02. The molecule has 1 amide bonds. The van der Waals surface area contributed by atoms with Gasteiger partial charge < -0.3 is 9.88 Å². The molecule has 0 unspecified atom stereocenters. The number of hydrogen-bond donors (Lipinski definition) is 1. The first-order valence-electron chi connectivity index (χ1n) is 9.02. The van der Waals surface area contributed by atoms with Crippen molar-refractivity contribution >= 4 is 17.1 Å². The number of piperidine rings is 1. The Balaban J connectivity index is 1.47. The van der Waals surface area contributed by atoms with E-state index in [-0.39, 0.29) is 28.6 Å². The van der Waals surface area contributed by atoms with Gasteiger partial charge in [0.15, 0.2) is 11.2 Å². The van der Waals surface area contributed by atoms with Gasteiger partial charge in [-0.15, -0.1) is 5.10 Å². The Morgan fingerprint density at radius 2 is 1.83 bits per heavy atom. The highest BCUT2D eigenvalue weighted by Gasteiger charge is 2.31. The van der Waals surface area contributed by atoms with Crippen LogP contribution in [-0.2, 0) is 6.18 Å². The van der Waals surface area contributed by atoms with Crippen LogP contribution in [0.1, 0.15) is 40.6 Å². The van der Waals surface area contributed by atoms with E-state index in [1.165, 1.54) is 12.1 Å². The summed E-state index contributed by atoms with van der Waals surface area (Å²) in [6.07, 6.45) is -3.30. The molecular formula is C18H17F3N6O2. The normalized spacial score (nSPS) is 15.8. The van der Waals surface area contributed by atoms with Crippen molar-refractivity contribution in [2.75, 3.05) is 13.1 Å². The van der Waals surface area contributed by atoms with Crippen LogP contribution < -0.4 is 5.56 Å². The second-order valence-corrected chi connectivity index (χ2v) is 6.96. The van der Waals surface area contributed by atoms with Gasteiger partial charge in [-0.05, 0) is 44.0 Å². The number of fused-ring (bicyclic) bond motifs is 1. The Hall–Kier alpha value is -3.24. The van der Waals surface area contributed by atoms with E-state index in [9.17, 15) is 22.8 Å². The molecule has 1 saturated heterocycles. The van der Waals surface area contributed by atoms with Crippen molar-refractivity contribution in [3.63, 3.8) is 0 Å². The van der Waals surface area contributed by atoms with Crippen molar-refractivity contribution < 1.29 is 18.0 Å². The van der Waals surface area contributed by atoms with Crippen LogP contribution in [0.5, 0.6) is 0 Å². The van der Waals surface area contributed by atoms with E-state index >= 15 is 0 Å². The van der Waals surface area contributed by atoms with Crippen LogP contribution in [0.2, 0.25) is 0 Å². The first kappa shape index (κ1) is 19.1. The maximum atomic E-state index is 12.7. The fourth-order valence-electron chi connectivity index (χ4n) is 3.49. The third-order valence-electron chi connectivity index (χ3n) is 5.01. The SMILES string of the molecule is Cc1nc2c(nnn2C2CCN(C(=O)c3ccc(C(F)(F)F)cc3)CC2)c(=O)[nH]1. The molecule has 0 spiro atoms. The monoisotopic (exact) mass is 406 g/mol. The minimum Gasteiger partial charge on any atom is -0.338 e. The van der Waals surface area contributed by atoms with Crippen LogP contribution in [-0.4, -0.2) is 48.9 Å². The number of rotatable bonds is 2. The van der Waals surface area contributed by atoms with E-state index in [2.05, 4.69) is 20.3 Å². The molecule has 1 N–H and O–H groups in total. The fraction of sp³-hybridized carbons (Fsp3) is 0.389. The van der Waals surface area contributed by atoms with Crippen molar-refractivity contribution in [2.24, 2.45) is 0 Å². The van der Waals surface area contributed by atoms with Gasteiger partial charge in [0.05, 0.1) is 11.6 Å². The van der Waals surface area contributed by atoms with Gasteiger partial charge in [-0.3, -0.25) is 9.59 Å². The number of carbonyl (C=O) groups is 1. The molecule has 152 valence electrons. The Morgan fingerprint density at radius 1 is 1.17 bits per heavy atom. The van der Waals surface area contributed by atoms with Crippen LogP contribution in [0.25, 0.3) is 11.2 Å². The highest BCUT2D eigenvalue weighted by atomic mass is 19.4. The number of aryl methyl sites for hydroxylation is 1. The number of benzene rings is 1. The number of halogens is 3. The number of nitrogens with one attached hydrogen (secondary N) is 1. The highest BCUT2D eigenvalue weighted by molar-refractivity contribution is 5.94. The zero-order valence-electron chi connectivity index (χ0n) is 15.4. The summed E-state index contributed by atoms with van der Waals surface area (Å²) >= 11 is 0. The minimum absolute atomic E-state index is 0.0784. The van der Waals surface area contributed by atoms with E-state index in [0.717, 1.165) is 12.1 Å². The summed E-state index contributed by atoms with van der Waals surface area (Å²) in [5.41, 5.74) is -0.360. The standard InChI is InChI=1S/C18H17F3N6O2/c1-10-22-15-14(16(28)23-10)24-25-27(15)13-6-8-26(9-7-13)17(29)11-2-4-12(5-3-11)18(19,20)21/h2-5,13H,6-9H2,1H3,(H,22,23,28). The highest BCUT2D eigenvalue weighted by Crippen LogP contribution is 2.30. The zero-order valence-corrected chi connectivity index (χ0v) is 15.4. The van der Waals surface area contributed by atoms with Crippen molar-refractivity contribution in [3.05, 3.63) is 51.6 Å². The molecule has 1 aromatic carbocycles. The van der Waals surface area contributed by atoms with Gasteiger partial charge in [-0.1, -0.05) is 5.21 Å². The second-order valence-electron chi connectivity index (χ2n) is 6.96. The average Bonchev–Trinajstić information content (AvgIpc) is 3.11. The number of aromatic nitrogens is 5. The molecule has 3 aromatic rings. The Labute approximate surface area is 162 Å². The maximum Gasteiger partial charge on any atom is 0.416 e. The van der Waals surface area contributed by atoms with Crippen molar-refractivity contribution in [2.45, 2.75) is 32.0 Å². The van der Waals surface area contributed by atoms with Crippen molar-refractivity contribution in [3.8, 4) is 0 Å². The van der Waals surface area contributed by atoms with E-state index in [1.807, 2.05) is 0 Å². The van der Waals surface area contributed by atoms with Crippen molar-refractivity contribution in [1.82, 2.24) is 29.9 Å². The molecule has 0 atom stereocenters. The van der Waals surface area contributed by atoms with Gasteiger partial charge in [-0.25, -0.2) is 9.67 Å². The third kappa shape index (κ3) is 3.59. The number of amides is 1. The maximum absolute atomic E-state index is 12.7. The third-order valence-corrected chi connectivity index (χ3v) is 5.01. The molecule has 8 nitrogen and oxygen atoms in total. The number of H-pyrrole nitrogens is 1. The lowest BCUT2D eigenvalue weighted by molar-refractivity contribution is -0.137. The molecule has 2 aromatic heterocycles. The number of likely N-dealkylation sites (tertiary alicyclic amines) is 1. The minimum atomic E-state index is -4.44. The molecule has 29 heavy (non-hydrogen) atoms. The van der Waals surface area contributed by atoms with Crippen molar-refractivity contribution in [1.29, 1.82) is 0 Å². The molecule has 0 bridgehead atoms. The summed E-state index contributed by atoms with van der Waals surface area (Å²) in [6, 6.07) is 4.13. The van der Waals surface area contributed by atoms with Gasteiger partial charge in [-0.2, -0.15) is 13.2 Å². The lowest BCUT2D eigenvalue weighted by Gasteiger charge is -2.32. The number of nitrogens with zero attached hydrogens (tertiary/aromatic N) is 5. The van der Waals surface area contributed by atoms with E-state index < -0.39 is 11.7 Å². The Morgan fingerprint density at radius 3 is 2.45 bits per heavy atom. The van der Waals surface area contributed by atoms with Gasteiger partial charge in [0.2, 0.25) is 0 Å². The molecule has 1 fully saturated rings. The number of alkyl halides is 3. The predicted octanol–water partition coefficient (Wildman–Crippen LogP) is 2.32. The summed E-state index contributed by atoms with van der Waals surface area (Å²) in [6.45, 7) is 2.49. The number of carbonyl (C=O) groups excluding carboxylic acids is 1. The molecule has 4 rings (SSSR count). The Bertz CT molecular complexity index is 1110. The smallest absolute Gasteiger partial charge is 0.338 e. The molecule has 0 aliphatic carbocycles. The molecule has 11 heteroatoms. The molecule has 0 radical (unpaired) electrons. The topological polar surface area (TPSA) is 96.8 Å². The van der Waals surface area contributed by atoms with Crippen LogP contribution >= 0.6 is 0 Å². The molecule has 0 saturated carbocycles. The first-order chi connectivity index (χ1) is 13.7. The molecular weight excluding hydrogens is 389 g/mol. The lowest BCUT2D eigenvalue weighted by atomic mass is 10.0. The van der Waals surface area contributed by atoms with Crippen LogP contribution in [0.15, 0.2) is 29.1 Å². The number of aromatic amines is 1. The second kappa shape index (κ2) is 6.98. The van der Waals surface area contributed by atoms with Gasteiger partial charge in [0, 0.05) is 18.7 Å². The van der Waals surface area contributed by atoms with Gasteiger partial charge in [0.25, 0.3) is 11.5 Å². The largest absolute Gasteiger partial charge is 0.416 e. The van der Waals surface area contributed by atoms with Crippen LogP contribution in [0.3, 0.4) is 0 Å². The van der Waals surface area contributed by atoms with E-state index in [1.54, 1.807) is 16.5 Å². The summed E-state index contributed by atoms with van der Waals surface area (Å²) in [7, 11) is 0. The fourth-order valence-corrected chi connectivity index (χ4v) is 3.49. The summed E-state index contributed by atoms with van der Waals surface area (Å²) in [5, 5.41) is 7.95. The van der Waals surface area contributed by atoms with Gasteiger partial charge >= 0.3 is 6.18 Å². The Kier molecular flexibility index (Phi) is 4.59. The summed E-state index contributed by atoms with van der Waals surface area (Å²) < 4.78 is 39.6. The number of hydrogen-bond acceptors (Lipinski definition) is 5. The van der Waals surface area contributed by atoms with E-state index in [4.69, 9.17) is 0 Å². The molecule has 3 heterocycles. The van der Waals surface area contributed by atoms with Crippen LogP contribution in [0.4, 0.5) is 13.2 Å². The summed E-state index contributed by atoms with van der Waals surface area (Å²) in [4.78, 5) is 33.0. The van der Waals surface area contributed by atoms with E-state index in [0.29, 0.717) is 37.4 Å². The average molecular weight is 406 g/mol. The summed E-state index contributed by atoms with van der Waals surface area (Å²) in [5.74, 6) is 0.145. The molecule has 1 aliphatic rings. The van der Waals surface area contributed by atoms with Gasteiger partial charge in [0.1, 0.15) is 5.82 Å². The predicted molar refractivity (Wildman–Crippen MR) is 96.3 cm³/mol. The lowest BCUT2D eigenvalue weighted by Crippen LogP contribution is -2.39. The van der Waals surface area contributed by atoms with Crippen LogP contribution in [0, 0.1) is 6.92 Å². The zero-order chi connectivity index (χ0) is 20.8. The molecule has 1 aliphatic heterocycles. The quantitative estimate of drug-likeness (QED) is 0.705.